The number of hydrogen-bond acceptors (Lipinski definition) is 7. The largest absolute Gasteiger partial charge is 0.496 e. The Hall–Kier alpha value is -4.10. The number of primary amides is 1. The van der Waals surface area contributed by atoms with E-state index < -0.39 is 37.0 Å². The van der Waals surface area contributed by atoms with Crippen molar-refractivity contribution < 1.29 is 32.2 Å². The highest BCUT2D eigenvalue weighted by molar-refractivity contribution is 6.03. The zero-order valence-electron chi connectivity index (χ0n) is 21.9. The summed E-state index contributed by atoms with van der Waals surface area (Å²) in [4.78, 5) is 26.7. The molecular weight excluding hydrogens is 529 g/mol. The second-order valence-corrected chi connectivity index (χ2v) is 9.33. The van der Waals surface area contributed by atoms with E-state index in [4.69, 9.17) is 20.9 Å². The average molecular weight is 561 g/mol. The van der Waals surface area contributed by atoms with Gasteiger partial charge in [0.05, 0.1) is 38.0 Å². The first-order valence-corrected chi connectivity index (χ1v) is 12.6. The Labute approximate surface area is 229 Å². The smallest absolute Gasteiger partial charge is 0.255 e. The Morgan fingerprint density at radius 3 is 2.52 bits per heavy atom. The summed E-state index contributed by atoms with van der Waals surface area (Å²) in [5, 5.41) is 7.15. The maximum absolute atomic E-state index is 14.2. The highest BCUT2D eigenvalue weighted by Crippen LogP contribution is 2.30. The van der Waals surface area contributed by atoms with Gasteiger partial charge in [-0.25, -0.2) is 17.9 Å². The monoisotopic (exact) mass is 560 g/mol. The van der Waals surface area contributed by atoms with Gasteiger partial charge in [-0.15, -0.1) is 0 Å². The van der Waals surface area contributed by atoms with Gasteiger partial charge in [-0.2, -0.15) is 5.10 Å². The number of ether oxygens (including phenoxy) is 2. The van der Waals surface area contributed by atoms with Crippen molar-refractivity contribution in [2.75, 3.05) is 52.5 Å². The highest BCUT2D eigenvalue weighted by atomic mass is 19.1. The van der Waals surface area contributed by atoms with E-state index in [-0.39, 0.29) is 54.1 Å². The van der Waals surface area contributed by atoms with Crippen LogP contribution in [-0.4, -0.2) is 79.3 Å². The average Bonchev–Trinajstić information content (AvgIpc) is 3.26. The molecule has 1 atom stereocenters. The number of carbonyl (C=O) groups excluding carboxylic acids is 2. The fraction of sp³-hybridized carbons (Fsp3) is 0.370. The maximum Gasteiger partial charge on any atom is 0.255 e. The molecule has 2 aromatic carbocycles. The number of aromatic nitrogens is 2. The Kier molecular flexibility index (Phi) is 9.27. The van der Waals surface area contributed by atoms with Crippen molar-refractivity contribution in [2.45, 2.75) is 18.6 Å². The molecule has 1 aromatic heterocycles. The molecule has 40 heavy (non-hydrogen) atoms. The van der Waals surface area contributed by atoms with Crippen LogP contribution in [0.3, 0.4) is 0 Å². The Morgan fingerprint density at radius 1 is 1.23 bits per heavy atom. The lowest BCUT2D eigenvalue weighted by Gasteiger charge is -2.38. The number of amides is 2. The summed E-state index contributed by atoms with van der Waals surface area (Å²) >= 11 is 0. The lowest BCUT2D eigenvalue weighted by molar-refractivity contribution is -0.0706. The van der Waals surface area contributed by atoms with Crippen LogP contribution >= 0.6 is 0 Å². The molecule has 1 aliphatic heterocycles. The first-order chi connectivity index (χ1) is 19.3. The van der Waals surface area contributed by atoms with E-state index in [1.807, 2.05) is 0 Å². The van der Waals surface area contributed by atoms with E-state index in [0.29, 0.717) is 24.3 Å². The van der Waals surface area contributed by atoms with Crippen LogP contribution in [0.15, 0.2) is 42.5 Å². The second kappa shape index (κ2) is 12.8. The van der Waals surface area contributed by atoms with Crippen molar-refractivity contribution in [3.05, 3.63) is 65.0 Å². The maximum atomic E-state index is 14.2. The fourth-order valence-electron chi connectivity index (χ4n) is 4.51. The van der Waals surface area contributed by atoms with Crippen molar-refractivity contribution >= 4 is 17.6 Å². The van der Waals surface area contributed by atoms with Gasteiger partial charge in [-0.1, -0.05) is 24.3 Å². The minimum Gasteiger partial charge on any atom is -0.496 e. The molecule has 214 valence electrons. The quantitative estimate of drug-likeness (QED) is 0.292. The number of methoxy groups -OCH3 is 1. The van der Waals surface area contributed by atoms with Gasteiger partial charge in [0.15, 0.2) is 0 Å². The SMILES string of the molecule is COc1ccc(F)cc1C(=O)NCc1ccc(-c2nn(C(CF)CN(CCF)C3COC3)c(N)c2C(N)=O)cc1. The molecule has 2 heterocycles. The van der Waals surface area contributed by atoms with Gasteiger partial charge in [0.1, 0.15) is 42.0 Å². The van der Waals surface area contributed by atoms with E-state index in [2.05, 4.69) is 10.4 Å². The van der Waals surface area contributed by atoms with Crippen LogP contribution in [0.5, 0.6) is 5.75 Å². The standard InChI is InChI=1S/C27H31F3N6O4/c1-39-22-7-6-18(30)10-21(22)27(38)33-12-16-2-4-17(5-3-16)24-23(26(32)37)25(31)36(34-24)19(11-29)13-35(9-8-28)20-14-40-15-20/h2-7,10,19-20H,8-9,11-15,31H2,1H3,(H2,32,37)(H,33,38). The molecule has 10 nitrogen and oxygen atoms in total. The summed E-state index contributed by atoms with van der Waals surface area (Å²) < 4.78 is 52.5. The van der Waals surface area contributed by atoms with Crippen LogP contribution in [0.1, 0.15) is 32.3 Å². The normalized spacial score (nSPS) is 14.1. The molecule has 2 amide bonds. The van der Waals surface area contributed by atoms with Crippen LogP contribution < -0.4 is 21.5 Å². The number of carbonyl (C=O) groups is 2. The van der Waals surface area contributed by atoms with E-state index in [1.165, 1.54) is 23.9 Å². The third-order valence-corrected chi connectivity index (χ3v) is 6.76. The number of alkyl halides is 2. The van der Waals surface area contributed by atoms with Crippen LogP contribution in [0.25, 0.3) is 11.3 Å². The zero-order chi connectivity index (χ0) is 28.8. The first-order valence-electron chi connectivity index (χ1n) is 12.6. The van der Waals surface area contributed by atoms with Gasteiger partial charge in [0.2, 0.25) is 0 Å². The van der Waals surface area contributed by atoms with Crippen LogP contribution in [0, 0.1) is 5.82 Å². The number of benzene rings is 2. The summed E-state index contributed by atoms with van der Waals surface area (Å²) in [7, 11) is 1.39. The molecule has 0 radical (unpaired) electrons. The van der Waals surface area contributed by atoms with Gasteiger partial charge in [-0.05, 0) is 23.8 Å². The molecular formula is C27H31F3N6O4. The topological polar surface area (TPSA) is 138 Å². The molecule has 0 spiro atoms. The van der Waals surface area contributed by atoms with Crippen molar-refractivity contribution in [1.29, 1.82) is 0 Å². The van der Waals surface area contributed by atoms with Gasteiger partial charge in [0.25, 0.3) is 11.8 Å². The van der Waals surface area contributed by atoms with Crippen molar-refractivity contribution in [3.63, 3.8) is 0 Å². The number of nitrogen functional groups attached to an aromatic ring is 1. The first kappa shape index (κ1) is 28.9. The fourth-order valence-corrected chi connectivity index (χ4v) is 4.51. The Bertz CT molecular complexity index is 1350. The molecule has 5 N–H and O–H groups in total. The van der Waals surface area contributed by atoms with E-state index in [1.54, 1.807) is 29.2 Å². The third-order valence-electron chi connectivity index (χ3n) is 6.76. The second-order valence-electron chi connectivity index (χ2n) is 9.33. The summed E-state index contributed by atoms with van der Waals surface area (Å²) in [6.45, 7) is -0.268. The van der Waals surface area contributed by atoms with Gasteiger partial charge < -0.3 is 26.3 Å². The van der Waals surface area contributed by atoms with Gasteiger partial charge in [0, 0.05) is 25.2 Å². The molecule has 13 heteroatoms. The molecule has 0 aliphatic carbocycles. The third kappa shape index (κ3) is 6.20. The number of nitrogens with zero attached hydrogens (tertiary/aromatic N) is 3. The summed E-state index contributed by atoms with van der Waals surface area (Å²) in [5.74, 6) is -1.76. The molecule has 1 unspecified atom stereocenters. The number of nitrogens with one attached hydrogen (secondary N) is 1. The van der Waals surface area contributed by atoms with Crippen LogP contribution in [-0.2, 0) is 11.3 Å². The lowest BCUT2D eigenvalue weighted by Crippen LogP contribution is -2.51. The molecule has 1 fully saturated rings. The molecule has 3 aromatic rings. The molecule has 1 aliphatic rings. The predicted molar refractivity (Wildman–Crippen MR) is 142 cm³/mol. The predicted octanol–water partition coefficient (Wildman–Crippen LogP) is 2.49. The molecule has 0 saturated carbocycles. The number of nitrogens with two attached hydrogens (primary N) is 2. The summed E-state index contributed by atoms with van der Waals surface area (Å²) in [6.07, 6.45) is 0. The van der Waals surface area contributed by atoms with Crippen molar-refractivity contribution in [1.82, 2.24) is 20.0 Å². The highest BCUT2D eigenvalue weighted by Gasteiger charge is 2.31. The minimum atomic E-state index is -0.881. The molecule has 1 saturated heterocycles. The number of hydrogen-bond donors (Lipinski definition) is 3. The van der Waals surface area contributed by atoms with Crippen LogP contribution in [0.4, 0.5) is 19.0 Å². The lowest BCUT2D eigenvalue weighted by atomic mass is 10.0. The number of rotatable bonds is 13. The summed E-state index contributed by atoms with van der Waals surface area (Å²) in [5.41, 5.74) is 13.2. The Morgan fingerprint density at radius 2 is 1.95 bits per heavy atom. The summed E-state index contributed by atoms with van der Waals surface area (Å²) in [6, 6.07) is 9.46. The number of halogens is 3. The van der Waals surface area contributed by atoms with Crippen LogP contribution in [0.2, 0.25) is 0 Å². The van der Waals surface area contributed by atoms with E-state index in [0.717, 1.165) is 6.07 Å². The zero-order valence-corrected chi connectivity index (χ0v) is 21.9. The van der Waals surface area contributed by atoms with E-state index >= 15 is 0 Å². The minimum absolute atomic E-state index is 0.0355. The number of anilines is 1. The Balaban J connectivity index is 1.53. The van der Waals surface area contributed by atoms with Gasteiger partial charge in [-0.3, -0.25) is 14.5 Å². The van der Waals surface area contributed by atoms with Gasteiger partial charge >= 0.3 is 0 Å². The van der Waals surface area contributed by atoms with Crippen molar-refractivity contribution in [2.24, 2.45) is 5.73 Å². The molecule has 4 rings (SSSR count). The molecule has 0 bridgehead atoms. The van der Waals surface area contributed by atoms with Crippen molar-refractivity contribution in [3.8, 4) is 17.0 Å². The van der Waals surface area contributed by atoms with E-state index in [9.17, 15) is 22.8 Å².